The molecule has 1 aliphatic heterocycles. The SMILES string of the molecule is CC(C)(CS(=O)(=O)CCCCCN1CC(=O)NC1=O)c1ccccc1. The Morgan fingerprint density at radius 3 is 2.36 bits per heavy atom. The molecule has 0 aliphatic carbocycles. The summed E-state index contributed by atoms with van der Waals surface area (Å²) in [6.07, 6.45) is 1.97. The lowest BCUT2D eigenvalue weighted by atomic mass is 9.87. The summed E-state index contributed by atoms with van der Waals surface area (Å²) >= 11 is 0. The van der Waals surface area contributed by atoms with Gasteiger partial charge in [-0.2, -0.15) is 0 Å². The fourth-order valence-corrected chi connectivity index (χ4v) is 5.11. The Balaban J connectivity index is 1.74. The second-order valence-corrected chi connectivity index (χ2v) is 9.36. The largest absolute Gasteiger partial charge is 0.324 e. The predicted molar refractivity (Wildman–Crippen MR) is 97.1 cm³/mol. The van der Waals surface area contributed by atoms with Gasteiger partial charge >= 0.3 is 6.03 Å². The maximum absolute atomic E-state index is 12.4. The monoisotopic (exact) mass is 366 g/mol. The predicted octanol–water partition coefficient (Wildman–Crippen LogP) is 2.10. The molecule has 1 fully saturated rings. The third-order valence-electron chi connectivity index (χ3n) is 4.39. The van der Waals surface area contributed by atoms with Gasteiger partial charge in [0.1, 0.15) is 6.54 Å². The van der Waals surface area contributed by atoms with Gasteiger partial charge in [0.15, 0.2) is 9.84 Å². The summed E-state index contributed by atoms with van der Waals surface area (Å²) in [5, 5.41) is 2.23. The van der Waals surface area contributed by atoms with E-state index in [0.717, 1.165) is 5.56 Å². The van der Waals surface area contributed by atoms with E-state index in [0.29, 0.717) is 25.8 Å². The molecule has 1 aromatic carbocycles. The van der Waals surface area contributed by atoms with Crippen LogP contribution in [-0.4, -0.2) is 49.9 Å². The molecular weight excluding hydrogens is 340 g/mol. The molecule has 1 saturated heterocycles. The molecule has 0 aromatic heterocycles. The minimum Gasteiger partial charge on any atom is -0.315 e. The Labute approximate surface area is 149 Å². The van der Waals surface area contributed by atoms with E-state index in [1.165, 1.54) is 4.90 Å². The molecule has 0 radical (unpaired) electrons. The number of benzene rings is 1. The van der Waals surface area contributed by atoms with Crippen LogP contribution >= 0.6 is 0 Å². The van der Waals surface area contributed by atoms with E-state index in [1.54, 1.807) is 0 Å². The van der Waals surface area contributed by atoms with E-state index in [1.807, 2.05) is 44.2 Å². The summed E-state index contributed by atoms with van der Waals surface area (Å²) in [5.74, 6) is -0.0164. The Morgan fingerprint density at radius 1 is 1.08 bits per heavy atom. The van der Waals surface area contributed by atoms with Crippen molar-refractivity contribution in [1.29, 1.82) is 0 Å². The third-order valence-corrected chi connectivity index (χ3v) is 6.46. The molecule has 138 valence electrons. The zero-order chi connectivity index (χ0) is 18.5. The van der Waals surface area contributed by atoms with Gasteiger partial charge in [-0.3, -0.25) is 10.1 Å². The van der Waals surface area contributed by atoms with Crippen molar-refractivity contribution in [1.82, 2.24) is 10.2 Å². The van der Waals surface area contributed by atoms with Crippen LogP contribution in [0, 0.1) is 0 Å². The van der Waals surface area contributed by atoms with Crippen molar-refractivity contribution in [2.45, 2.75) is 38.5 Å². The maximum atomic E-state index is 12.4. The van der Waals surface area contributed by atoms with Gasteiger partial charge < -0.3 is 4.90 Å². The fourth-order valence-electron chi connectivity index (χ4n) is 3.06. The third kappa shape index (κ3) is 5.85. The number of nitrogens with zero attached hydrogens (tertiary/aromatic N) is 1. The van der Waals surface area contributed by atoms with Gasteiger partial charge in [0.25, 0.3) is 0 Å². The maximum Gasteiger partial charge on any atom is 0.324 e. The Hall–Kier alpha value is -1.89. The molecule has 1 N–H and O–H groups in total. The Kier molecular flexibility index (Phi) is 6.21. The van der Waals surface area contributed by atoms with E-state index in [9.17, 15) is 18.0 Å². The minimum atomic E-state index is -3.15. The molecule has 0 unspecified atom stereocenters. The molecule has 1 aliphatic rings. The van der Waals surface area contributed by atoms with Gasteiger partial charge in [0, 0.05) is 12.0 Å². The molecule has 0 saturated carbocycles. The summed E-state index contributed by atoms with van der Waals surface area (Å²) in [6, 6.07) is 9.31. The smallest absolute Gasteiger partial charge is 0.315 e. The molecular formula is C18H26N2O4S. The lowest BCUT2D eigenvalue weighted by Crippen LogP contribution is -2.30. The van der Waals surface area contributed by atoms with E-state index in [2.05, 4.69) is 5.32 Å². The first-order valence-corrected chi connectivity index (χ1v) is 10.4. The quantitative estimate of drug-likeness (QED) is 0.536. The fraction of sp³-hybridized carbons (Fsp3) is 0.556. The Bertz CT molecular complexity index is 714. The normalized spacial score (nSPS) is 15.5. The van der Waals surface area contributed by atoms with Crippen LogP contribution in [-0.2, 0) is 20.0 Å². The van der Waals surface area contributed by atoms with E-state index < -0.39 is 15.3 Å². The number of hydrogen-bond donors (Lipinski definition) is 1. The topological polar surface area (TPSA) is 83.6 Å². The first kappa shape index (κ1) is 19.4. The van der Waals surface area contributed by atoms with Crippen LogP contribution < -0.4 is 5.32 Å². The Morgan fingerprint density at radius 2 is 1.76 bits per heavy atom. The number of carbonyl (C=O) groups is 2. The molecule has 6 nitrogen and oxygen atoms in total. The van der Waals surface area contributed by atoms with E-state index >= 15 is 0 Å². The average molecular weight is 366 g/mol. The van der Waals surface area contributed by atoms with Crippen LogP contribution in [0.2, 0.25) is 0 Å². The molecule has 2 rings (SSSR count). The van der Waals surface area contributed by atoms with E-state index in [-0.39, 0.29) is 30.0 Å². The number of imide groups is 1. The van der Waals surface area contributed by atoms with Gasteiger partial charge in [0.2, 0.25) is 5.91 Å². The van der Waals surface area contributed by atoms with Crippen LogP contribution in [0.15, 0.2) is 30.3 Å². The first-order chi connectivity index (χ1) is 11.7. The first-order valence-electron chi connectivity index (χ1n) is 8.54. The number of sulfone groups is 1. The van der Waals surface area contributed by atoms with Crippen molar-refractivity contribution in [2.24, 2.45) is 0 Å². The van der Waals surface area contributed by atoms with Crippen molar-refractivity contribution >= 4 is 21.8 Å². The summed E-state index contributed by atoms with van der Waals surface area (Å²) < 4.78 is 24.8. The van der Waals surface area contributed by atoms with Crippen LogP contribution in [0.25, 0.3) is 0 Å². The lowest BCUT2D eigenvalue weighted by molar-refractivity contribution is -0.118. The number of nitrogens with one attached hydrogen (secondary N) is 1. The van der Waals surface area contributed by atoms with Crippen LogP contribution in [0.4, 0.5) is 4.79 Å². The average Bonchev–Trinajstić information content (AvgIpc) is 2.84. The van der Waals surface area contributed by atoms with E-state index in [4.69, 9.17) is 0 Å². The number of urea groups is 1. The number of hydrogen-bond acceptors (Lipinski definition) is 4. The number of rotatable bonds is 9. The van der Waals surface area contributed by atoms with Crippen molar-refractivity contribution < 1.29 is 18.0 Å². The van der Waals surface area contributed by atoms with Crippen LogP contribution in [0.5, 0.6) is 0 Å². The molecule has 7 heteroatoms. The standard InChI is InChI=1S/C18H26N2O4S/c1-18(2,15-9-5-3-6-10-15)14-25(23,24)12-8-4-7-11-20-13-16(21)19-17(20)22/h3,5-6,9-10H,4,7-8,11-14H2,1-2H3,(H,19,21,22). The van der Waals surface area contributed by atoms with Gasteiger partial charge in [-0.1, -0.05) is 50.6 Å². The number of unbranched alkanes of at least 4 members (excludes halogenated alkanes) is 2. The second-order valence-electron chi connectivity index (χ2n) is 7.18. The molecule has 3 amide bonds. The van der Waals surface area contributed by atoms with Gasteiger partial charge in [0.05, 0.1) is 11.5 Å². The summed E-state index contributed by atoms with van der Waals surface area (Å²) in [6.45, 7) is 4.47. The highest BCUT2D eigenvalue weighted by atomic mass is 32.2. The van der Waals surface area contributed by atoms with Crippen molar-refractivity contribution in [3.05, 3.63) is 35.9 Å². The van der Waals surface area contributed by atoms with Gasteiger partial charge in [-0.25, -0.2) is 13.2 Å². The van der Waals surface area contributed by atoms with Crippen LogP contribution in [0.1, 0.15) is 38.7 Å². The molecule has 25 heavy (non-hydrogen) atoms. The van der Waals surface area contributed by atoms with Crippen LogP contribution in [0.3, 0.4) is 0 Å². The minimum absolute atomic E-state index is 0.0996. The summed E-state index contributed by atoms with van der Waals surface area (Å²) in [7, 11) is -3.15. The zero-order valence-electron chi connectivity index (χ0n) is 14.8. The molecule has 0 atom stereocenters. The zero-order valence-corrected chi connectivity index (χ0v) is 15.6. The van der Waals surface area contributed by atoms with Crippen molar-refractivity contribution in [3.63, 3.8) is 0 Å². The van der Waals surface area contributed by atoms with Gasteiger partial charge in [-0.05, 0) is 18.4 Å². The van der Waals surface area contributed by atoms with Crippen molar-refractivity contribution in [3.8, 4) is 0 Å². The van der Waals surface area contributed by atoms with Crippen molar-refractivity contribution in [2.75, 3.05) is 24.6 Å². The summed E-state index contributed by atoms with van der Waals surface area (Å²) in [4.78, 5) is 23.9. The number of amides is 3. The lowest BCUT2D eigenvalue weighted by Gasteiger charge is -2.25. The number of carbonyl (C=O) groups excluding carboxylic acids is 2. The highest BCUT2D eigenvalue weighted by Gasteiger charge is 2.28. The highest BCUT2D eigenvalue weighted by molar-refractivity contribution is 7.91. The molecule has 0 spiro atoms. The summed E-state index contributed by atoms with van der Waals surface area (Å²) in [5.41, 5.74) is 0.594. The van der Waals surface area contributed by atoms with Gasteiger partial charge in [-0.15, -0.1) is 0 Å². The highest BCUT2D eigenvalue weighted by Crippen LogP contribution is 2.25. The molecule has 1 aromatic rings. The second kappa shape index (κ2) is 7.99. The molecule has 0 bridgehead atoms. The molecule has 1 heterocycles.